The van der Waals surface area contributed by atoms with E-state index < -0.39 is 0 Å². The third kappa shape index (κ3) is 12.2. The number of carbonyl (C=O) groups excluding carboxylic acids is 1. The second-order valence-corrected chi connectivity index (χ2v) is 9.38. The summed E-state index contributed by atoms with van der Waals surface area (Å²) in [6.07, 6.45) is 22.8. The number of nitrogens with zero attached hydrogens (tertiary/aromatic N) is 1. The van der Waals surface area contributed by atoms with Crippen molar-refractivity contribution in [3.05, 3.63) is 71.9 Å². The highest BCUT2D eigenvalue weighted by Gasteiger charge is 2.10. The Hall–Kier alpha value is -2.42. The van der Waals surface area contributed by atoms with E-state index in [9.17, 15) is 4.79 Å². The van der Waals surface area contributed by atoms with Gasteiger partial charge >= 0.3 is 5.97 Å². The Kier molecular flexibility index (Phi) is 14.7. The van der Waals surface area contributed by atoms with Gasteiger partial charge in [0.25, 0.3) is 0 Å². The Labute approximate surface area is 208 Å². The van der Waals surface area contributed by atoms with Crippen LogP contribution in [0.15, 0.2) is 60.8 Å². The maximum atomic E-state index is 12.4. The van der Waals surface area contributed by atoms with Gasteiger partial charge in [0.2, 0.25) is 5.88 Å². The first kappa shape index (κ1) is 27.8. The van der Waals surface area contributed by atoms with Crippen molar-refractivity contribution in [2.45, 2.75) is 110 Å². The lowest BCUT2D eigenvalue weighted by atomic mass is 9.92. The average molecular weight is 464 g/mol. The van der Waals surface area contributed by atoms with Gasteiger partial charge in [-0.05, 0) is 30.4 Å². The van der Waals surface area contributed by atoms with Crippen LogP contribution in [0.2, 0.25) is 0 Å². The minimum absolute atomic E-state index is 0.229. The lowest BCUT2D eigenvalue weighted by Gasteiger charge is -2.13. The number of aryl methyl sites for hydroxylation is 1. The summed E-state index contributed by atoms with van der Waals surface area (Å²) in [6.45, 7) is 4.49. The number of hydrogen-bond acceptors (Lipinski definition) is 3. The van der Waals surface area contributed by atoms with Gasteiger partial charge in [0.15, 0.2) is 0 Å². The summed E-state index contributed by atoms with van der Waals surface area (Å²) in [6, 6.07) is 14.3. The summed E-state index contributed by atoms with van der Waals surface area (Å²) >= 11 is 0. The molecule has 1 atom stereocenters. The highest BCUT2D eigenvalue weighted by atomic mass is 16.5. The van der Waals surface area contributed by atoms with Crippen molar-refractivity contribution in [1.82, 2.24) is 4.98 Å². The number of esters is 1. The zero-order chi connectivity index (χ0) is 24.3. The van der Waals surface area contributed by atoms with Crippen LogP contribution < -0.4 is 4.74 Å². The maximum absolute atomic E-state index is 12.4. The highest BCUT2D eigenvalue weighted by Crippen LogP contribution is 2.24. The molecular weight excluding hydrogens is 418 g/mol. The smallest absolute Gasteiger partial charge is 0.337 e. The molecule has 1 heterocycles. The number of unbranched alkanes of at least 4 members (excludes halogenated alkanes) is 10. The van der Waals surface area contributed by atoms with Crippen molar-refractivity contribution in [2.24, 2.45) is 0 Å². The number of pyridine rings is 1. The van der Waals surface area contributed by atoms with E-state index >= 15 is 0 Å². The summed E-state index contributed by atoms with van der Waals surface area (Å²) in [5.41, 5.74) is 2.45. The number of ether oxygens (including phenoxy) is 1. The fraction of sp³-hybridized carbons (Fsp3) is 0.548. The Morgan fingerprint density at radius 2 is 1.47 bits per heavy atom. The molecule has 3 nitrogen and oxygen atoms in total. The molecule has 0 saturated carbocycles. The molecule has 0 aliphatic carbocycles. The van der Waals surface area contributed by atoms with E-state index in [1.54, 1.807) is 6.08 Å². The van der Waals surface area contributed by atoms with E-state index in [1.807, 2.05) is 30.5 Å². The van der Waals surface area contributed by atoms with Crippen LogP contribution in [-0.4, -0.2) is 11.0 Å². The number of rotatable bonds is 18. The lowest BCUT2D eigenvalue weighted by Crippen LogP contribution is -2.06. The first-order valence-electron chi connectivity index (χ1n) is 13.6. The van der Waals surface area contributed by atoms with Gasteiger partial charge in [0, 0.05) is 24.3 Å². The van der Waals surface area contributed by atoms with E-state index in [4.69, 9.17) is 4.74 Å². The van der Waals surface area contributed by atoms with Crippen LogP contribution in [0.3, 0.4) is 0 Å². The molecule has 0 bridgehead atoms. The van der Waals surface area contributed by atoms with Crippen molar-refractivity contribution < 1.29 is 9.53 Å². The summed E-state index contributed by atoms with van der Waals surface area (Å²) in [5.74, 6) is 0.237. The second-order valence-electron chi connectivity index (χ2n) is 9.38. The number of carbonyl (C=O) groups is 1. The number of benzene rings is 1. The molecule has 0 aliphatic heterocycles. The van der Waals surface area contributed by atoms with Crippen LogP contribution in [0.25, 0.3) is 0 Å². The molecule has 0 fully saturated rings. The van der Waals surface area contributed by atoms with Crippen LogP contribution in [-0.2, 0) is 11.2 Å². The van der Waals surface area contributed by atoms with Crippen molar-refractivity contribution in [1.29, 1.82) is 0 Å². The maximum Gasteiger partial charge on any atom is 0.337 e. The average Bonchev–Trinajstić information content (AvgIpc) is 2.86. The van der Waals surface area contributed by atoms with Crippen LogP contribution in [0.1, 0.15) is 114 Å². The molecule has 1 aromatic carbocycles. The third-order valence-electron chi connectivity index (χ3n) is 6.38. The topological polar surface area (TPSA) is 39.2 Å². The van der Waals surface area contributed by atoms with Gasteiger partial charge in [-0.25, -0.2) is 9.78 Å². The van der Waals surface area contributed by atoms with Crippen molar-refractivity contribution in [3.63, 3.8) is 0 Å². The van der Waals surface area contributed by atoms with E-state index in [2.05, 4.69) is 43.1 Å². The molecule has 0 saturated heterocycles. The second kappa shape index (κ2) is 18.0. The quantitative estimate of drug-likeness (QED) is 0.126. The Morgan fingerprint density at radius 3 is 2.12 bits per heavy atom. The van der Waals surface area contributed by atoms with Gasteiger partial charge in [0.05, 0.1) is 0 Å². The molecule has 1 aromatic heterocycles. The van der Waals surface area contributed by atoms with Gasteiger partial charge in [-0.1, -0.05) is 127 Å². The SMILES string of the molecule is CCCCCCCCc1ccc(OC(=O)/C=C/C(CCCCCCCC)c2ccccc2)nc1. The van der Waals surface area contributed by atoms with Gasteiger partial charge in [-0.2, -0.15) is 0 Å². The van der Waals surface area contributed by atoms with E-state index in [0.29, 0.717) is 5.88 Å². The number of allylic oxidation sites excluding steroid dienone is 1. The molecule has 34 heavy (non-hydrogen) atoms. The predicted octanol–water partition coefficient (Wildman–Crippen LogP) is 8.98. The molecule has 0 aliphatic rings. The fourth-order valence-corrected chi connectivity index (χ4v) is 4.28. The van der Waals surface area contributed by atoms with Crippen molar-refractivity contribution in [2.75, 3.05) is 0 Å². The molecule has 2 rings (SSSR count). The Bertz CT molecular complexity index is 798. The summed E-state index contributed by atoms with van der Waals surface area (Å²) in [5, 5.41) is 0. The summed E-state index contributed by atoms with van der Waals surface area (Å²) in [4.78, 5) is 16.8. The predicted molar refractivity (Wildman–Crippen MR) is 143 cm³/mol. The Balaban J connectivity index is 1.80. The van der Waals surface area contributed by atoms with Gasteiger partial charge in [0.1, 0.15) is 0 Å². The molecule has 0 amide bonds. The highest BCUT2D eigenvalue weighted by molar-refractivity contribution is 5.83. The minimum atomic E-state index is -0.361. The number of aromatic nitrogens is 1. The van der Waals surface area contributed by atoms with Gasteiger partial charge in [-0.3, -0.25) is 0 Å². The van der Waals surface area contributed by atoms with E-state index in [0.717, 1.165) is 12.8 Å². The Morgan fingerprint density at radius 1 is 0.824 bits per heavy atom. The first-order valence-corrected chi connectivity index (χ1v) is 13.6. The molecule has 0 spiro atoms. The van der Waals surface area contributed by atoms with E-state index in [1.165, 1.54) is 88.2 Å². The standard InChI is InChI=1S/C31H45NO2/c1-3-5-7-9-11-14-18-27-22-24-30(32-26-27)34-31(33)25-23-29(28-19-16-13-17-20-28)21-15-12-10-8-6-4-2/h13,16-17,19-20,22-26,29H,3-12,14-15,18,21H2,1-2H3/b25-23+. The molecule has 0 radical (unpaired) electrons. The van der Waals surface area contributed by atoms with Crippen molar-refractivity contribution >= 4 is 5.97 Å². The van der Waals surface area contributed by atoms with Gasteiger partial charge in [-0.15, -0.1) is 0 Å². The molecule has 0 N–H and O–H groups in total. The molecule has 2 aromatic rings. The zero-order valence-electron chi connectivity index (χ0n) is 21.5. The number of hydrogen-bond donors (Lipinski definition) is 0. The lowest BCUT2D eigenvalue weighted by molar-refractivity contribution is -0.129. The monoisotopic (exact) mass is 463 g/mol. The van der Waals surface area contributed by atoms with Crippen LogP contribution in [0.5, 0.6) is 5.88 Å². The zero-order valence-corrected chi connectivity index (χ0v) is 21.5. The molecule has 186 valence electrons. The summed E-state index contributed by atoms with van der Waals surface area (Å²) < 4.78 is 5.46. The molecule has 1 unspecified atom stereocenters. The van der Waals surface area contributed by atoms with Crippen LogP contribution in [0.4, 0.5) is 0 Å². The van der Waals surface area contributed by atoms with Gasteiger partial charge < -0.3 is 4.74 Å². The molecule has 3 heteroatoms. The first-order chi connectivity index (χ1) is 16.7. The molecular formula is C31H45NO2. The van der Waals surface area contributed by atoms with Crippen molar-refractivity contribution in [3.8, 4) is 5.88 Å². The minimum Gasteiger partial charge on any atom is -0.404 e. The third-order valence-corrected chi connectivity index (χ3v) is 6.38. The van der Waals surface area contributed by atoms with Crippen LogP contribution >= 0.6 is 0 Å². The van der Waals surface area contributed by atoms with Crippen LogP contribution in [0, 0.1) is 0 Å². The van der Waals surface area contributed by atoms with E-state index in [-0.39, 0.29) is 11.9 Å². The largest absolute Gasteiger partial charge is 0.404 e. The normalized spacial score (nSPS) is 12.2. The summed E-state index contributed by atoms with van der Waals surface area (Å²) in [7, 11) is 0. The fourth-order valence-electron chi connectivity index (χ4n) is 4.28.